The van der Waals surface area contributed by atoms with E-state index in [1.165, 1.54) is 19.3 Å². The van der Waals surface area contributed by atoms with Crippen molar-refractivity contribution in [1.82, 2.24) is 5.32 Å². The van der Waals surface area contributed by atoms with Crippen LogP contribution in [-0.2, 0) is 14.3 Å². The van der Waals surface area contributed by atoms with E-state index in [0.717, 1.165) is 82.8 Å². The van der Waals surface area contributed by atoms with Crippen molar-refractivity contribution in [3.8, 4) is 0 Å². The van der Waals surface area contributed by atoms with Crippen molar-refractivity contribution in [2.45, 2.75) is 51.4 Å². The summed E-state index contributed by atoms with van der Waals surface area (Å²) in [5, 5.41) is 3.22. The normalized spacial score (nSPS) is 41.4. The van der Waals surface area contributed by atoms with Gasteiger partial charge in [-0.2, -0.15) is 0 Å². The Morgan fingerprint density at radius 3 is 2.43 bits per heavy atom. The Kier molecular flexibility index (Phi) is 4.64. The van der Waals surface area contributed by atoms with Gasteiger partial charge in [-0.05, 0) is 69.1 Å². The molecule has 1 saturated heterocycles. The number of amides is 1. The van der Waals surface area contributed by atoms with Gasteiger partial charge in [0.1, 0.15) is 0 Å². The largest absolute Gasteiger partial charge is 0.381 e. The first-order valence-electron chi connectivity index (χ1n) is 9.67. The van der Waals surface area contributed by atoms with Gasteiger partial charge in [-0.1, -0.05) is 0 Å². The molecule has 4 aliphatic carbocycles. The smallest absolute Gasteiger partial charge is 0.226 e. The monoisotopic (exact) mass is 321 g/mol. The van der Waals surface area contributed by atoms with Crippen molar-refractivity contribution in [3.05, 3.63) is 0 Å². The molecule has 0 aromatic heterocycles. The second-order valence-electron chi connectivity index (χ2n) is 8.61. The van der Waals surface area contributed by atoms with Crippen LogP contribution in [0.1, 0.15) is 51.4 Å². The topological polar surface area (TPSA) is 47.6 Å². The van der Waals surface area contributed by atoms with Crippen LogP contribution in [0.5, 0.6) is 0 Å². The first-order valence-corrected chi connectivity index (χ1v) is 9.67. The third kappa shape index (κ3) is 3.43. The number of nitrogens with one attached hydrogen (secondary N) is 1. The lowest BCUT2D eigenvalue weighted by Crippen LogP contribution is -2.53. The first kappa shape index (κ1) is 15.9. The van der Waals surface area contributed by atoms with Gasteiger partial charge in [0.25, 0.3) is 0 Å². The molecule has 5 fully saturated rings. The number of hydrogen-bond donors (Lipinski definition) is 1. The Labute approximate surface area is 139 Å². The van der Waals surface area contributed by atoms with Crippen LogP contribution in [0.2, 0.25) is 0 Å². The minimum Gasteiger partial charge on any atom is -0.381 e. The summed E-state index contributed by atoms with van der Waals surface area (Å²) in [6.45, 7) is 4.06. The molecule has 0 radical (unpaired) electrons. The highest BCUT2D eigenvalue weighted by molar-refractivity contribution is 5.83. The van der Waals surface area contributed by atoms with E-state index >= 15 is 0 Å². The lowest BCUT2D eigenvalue weighted by Gasteiger charge is -2.55. The zero-order valence-electron chi connectivity index (χ0n) is 14.2. The maximum atomic E-state index is 12.8. The maximum Gasteiger partial charge on any atom is 0.226 e. The number of hydrogen-bond acceptors (Lipinski definition) is 3. The van der Waals surface area contributed by atoms with Crippen molar-refractivity contribution in [2.75, 3.05) is 33.0 Å². The SMILES string of the molecule is O=C(NCCCOCC1CCOC1)C12CC3CC(CC(C3)C1)C2. The van der Waals surface area contributed by atoms with Crippen LogP contribution in [0, 0.1) is 29.1 Å². The van der Waals surface area contributed by atoms with E-state index < -0.39 is 0 Å². The Hall–Kier alpha value is -0.610. The van der Waals surface area contributed by atoms with E-state index in [0.29, 0.717) is 11.8 Å². The molecule has 1 amide bonds. The van der Waals surface area contributed by atoms with Crippen LogP contribution in [0.25, 0.3) is 0 Å². The van der Waals surface area contributed by atoms with Gasteiger partial charge >= 0.3 is 0 Å². The summed E-state index contributed by atoms with van der Waals surface area (Å²) in [5.41, 5.74) is -0.00318. The second-order valence-corrected chi connectivity index (χ2v) is 8.61. The molecule has 5 aliphatic rings. The fraction of sp³-hybridized carbons (Fsp3) is 0.947. The standard InChI is InChI=1S/C19H31NO3/c21-18(20-3-1-4-22-12-14-2-5-23-13-14)19-9-15-6-16(10-19)8-17(7-15)11-19/h14-17H,1-13H2,(H,20,21). The van der Waals surface area contributed by atoms with Crippen LogP contribution < -0.4 is 5.32 Å². The lowest BCUT2D eigenvalue weighted by atomic mass is 9.49. The summed E-state index contributed by atoms with van der Waals surface area (Å²) in [5.74, 6) is 3.44. The summed E-state index contributed by atoms with van der Waals surface area (Å²) >= 11 is 0. The van der Waals surface area contributed by atoms with Gasteiger partial charge in [-0.3, -0.25) is 4.79 Å². The van der Waals surface area contributed by atoms with Crippen LogP contribution in [0.3, 0.4) is 0 Å². The number of carbonyl (C=O) groups excluding carboxylic acids is 1. The Morgan fingerprint density at radius 1 is 1.13 bits per heavy atom. The van der Waals surface area contributed by atoms with Gasteiger partial charge in [-0.25, -0.2) is 0 Å². The molecule has 1 heterocycles. The minimum absolute atomic E-state index is 0.00318. The summed E-state index contributed by atoms with van der Waals surface area (Å²) < 4.78 is 11.1. The van der Waals surface area contributed by atoms with Gasteiger partial charge in [0.2, 0.25) is 5.91 Å². The average molecular weight is 321 g/mol. The Morgan fingerprint density at radius 2 is 1.83 bits per heavy atom. The van der Waals surface area contributed by atoms with Gasteiger partial charge in [-0.15, -0.1) is 0 Å². The zero-order chi connectivity index (χ0) is 15.7. The molecular weight excluding hydrogens is 290 g/mol. The quantitative estimate of drug-likeness (QED) is 0.734. The zero-order valence-corrected chi connectivity index (χ0v) is 14.2. The highest BCUT2D eigenvalue weighted by atomic mass is 16.5. The van der Waals surface area contributed by atoms with Gasteiger partial charge in [0, 0.05) is 31.1 Å². The Balaban J connectivity index is 1.16. The molecule has 1 unspecified atom stereocenters. The molecule has 0 aromatic rings. The van der Waals surface area contributed by atoms with Crippen molar-refractivity contribution in [2.24, 2.45) is 29.1 Å². The molecule has 4 bridgehead atoms. The van der Waals surface area contributed by atoms with E-state index in [-0.39, 0.29) is 5.41 Å². The molecule has 1 atom stereocenters. The van der Waals surface area contributed by atoms with Crippen LogP contribution in [-0.4, -0.2) is 38.9 Å². The molecular formula is C19H31NO3. The van der Waals surface area contributed by atoms with Gasteiger partial charge in [0.15, 0.2) is 0 Å². The first-order chi connectivity index (χ1) is 11.2. The Bertz CT molecular complexity index is 395. The highest BCUT2D eigenvalue weighted by Crippen LogP contribution is 2.60. The minimum atomic E-state index is -0.00318. The summed E-state index contributed by atoms with van der Waals surface area (Å²) in [6, 6.07) is 0. The molecule has 23 heavy (non-hydrogen) atoms. The molecule has 4 nitrogen and oxygen atoms in total. The molecule has 1 N–H and O–H groups in total. The molecule has 4 heteroatoms. The lowest BCUT2D eigenvalue weighted by molar-refractivity contribution is -0.146. The summed E-state index contributed by atoms with van der Waals surface area (Å²) in [7, 11) is 0. The fourth-order valence-corrected chi connectivity index (χ4v) is 5.92. The van der Waals surface area contributed by atoms with E-state index in [9.17, 15) is 4.79 Å². The number of ether oxygens (including phenoxy) is 2. The second kappa shape index (κ2) is 6.72. The van der Waals surface area contributed by atoms with E-state index in [1.54, 1.807) is 0 Å². The van der Waals surface area contributed by atoms with E-state index in [4.69, 9.17) is 9.47 Å². The predicted molar refractivity (Wildman–Crippen MR) is 88.0 cm³/mol. The van der Waals surface area contributed by atoms with Crippen LogP contribution in [0.4, 0.5) is 0 Å². The molecule has 0 spiro atoms. The third-order valence-corrected chi connectivity index (χ3v) is 6.65. The van der Waals surface area contributed by atoms with Crippen molar-refractivity contribution in [1.29, 1.82) is 0 Å². The maximum absolute atomic E-state index is 12.8. The molecule has 5 rings (SSSR count). The van der Waals surface area contributed by atoms with Crippen LogP contribution >= 0.6 is 0 Å². The number of rotatable bonds is 7. The molecule has 4 saturated carbocycles. The van der Waals surface area contributed by atoms with Crippen molar-refractivity contribution in [3.63, 3.8) is 0 Å². The molecule has 130 valence electrons. The van der Waals surface area contributed by atoms with Gasteiger partial charge in [0.05, 0.1) is 13.2 Å². The molecule has 1 aliphatic heterocycles. The van der Waals surface area contributed by atoms with Crippen molar-refractivity contribution < 1.29 is 14.3 Å². The van der Waals surface area contributed by atoms with Crippen molar-refractivity contribution >= 4 is 5.91 Å². The third-order valence-electron chi connectivity index (χ3n) is 6.65. The average Bonchev–Trinajstić information content (AvgIpc) is 3.02. The van der Waals surface area contributed by atoms with E-state index in [2.05, 4.69) is 5.32 Å². The predicted octanol–water partition coefficient (Wildman–Crippen LogP) is 2.76. The number of carbonyl (C=O) groups is 1. The summed E-state index contributed by atoms with van der Waals surface area (Å²) in [6.07, 6.45) is 9.70. The van der Waals surface area contributed by atoms with E-state index in [1.807, 2.05) is 0 Å². The highest BCUT2D eigenvalue weighted by Gasteiger charge is 2.54. The summed E-state index contributed by atoms with van der Waals surface area (Å²) in [4.78, 5) is 12.8. The fourth-order valence-electron chi connectivity index (χ4n) is 5.92. The molecule has 0 aromatic carbocycles. The van der Waals surface area contributed by atoms with Gasteiger partial charge < -0.3 is 14.8 Å². The van der Waals surface area contributed by atoms with Crippen LogP contribution in [0.15, 0.2) is 0 Å².